The molecule has 66 valence electrons. The minimum atomic E-state index is -2.87. The van der Waals surface area contributed by atoms with Gasteiger partial charge in [0, 0.05) is 12.1 Å². The Labute approximate surface area is 72.2 Å². The van der Waals surface area contributed by atoms with Gasteiger partial charge in [-0.3, -0.25) is 0 Å². The lowest BCUT2D eigenvalue weighted by Crippen LogP contribution is -1.99. The van der Waals surface area contributed by atoms with Crippen LogP contribution in [0.5, 0.6) is 0 Å². The third kappa shape index (κ3) is 1.69. The molecule has 1 aromatic rings. The van der Waals surface area contributed by atoms with E-state index in [0.717, 1.165) is 6.20 Å². The molecule has 0 bridgehead atoms. The summed E-state index contributed by atoms with van der Waals surface area (Å²) in [5.74, 6) is -1.29. The molecular formula is C7H5ClF3N. The first kappa shape index (κ1) is 9.32. The Morgan fingerprint density at radius 3 is 2.58 bits per heavy atom. The van der Waals surface area contributed by atoms with Crippen LogP contribution in [0.15, 0.2) is 12.3 Å². The molecule has 5 heteroatoms. The smallest absolute Gasteiger partial charge is 0.228 e. The molecule has 0 aliphatic rings. The van der Waals surface area contributed by atoms with E-state index in [-0.39, 0.29) is 11.4 Å². The highest BCUT2D eigenvalue weighted by Crippen LogP contribution is 2.25. The SMILES string of the molecule is Fc1nccc(CCl)c1C(F)F. The Morgan fingerprint density at radius 1 is 1.50 bits per heavy atom. The molecule has 0 amide bonds. The van der Waals surface area contributed by atoms with E-state index in [2.05, 4.69) is 4.98 Å². The molecule has 0 aliphatic heterocycles. The van der Waals surface area contributed by atoms with Gasteiger partial charge in [0.25, 0.3) is 6.43 Å². The molecule has 12 heavy (non-hydrogen) atoms. The molecule has 0 saturated heterocycles. The summed E-state index contributed by atoms with van der Waals surface area (Å²) in [6.07, 6.45) is -1.76. The zero-order valence-electron chi connectivity index (χ0n) is 5.90. The molecule has 1 aromatic heterocycles. The van der Waals surface area contributed by atoms with Gasteiger partial charge < -0.3 is 0 Å². The fourth-order valence-electron chi connectivity index (χ4n) is 0.831. The van der Waals surface area contributed by atoms with E-state index in [4.69, 9.17) is 11.6 Å². The Balaban J connectivity index is 3.20. The van der Waals surface area contributed by atoms with E-state index >= 15 is 0 Å². The molecule has 0 spiro atoms. The lowest BCUT2D eigenvalue weighted by molar-refractivity contribution is 0.144. The first-order chi connectivity index (χ1) is 5.66. The first-order valence-corrected chi connectivity index (χ1v) is 3.67. The second kappa shape index (κ2) is 3.76. The summed E-state index contributed by atoms with van der Waals surface area (Å²) in [6, 6.07) is 1.28. The first-order valence-electron chi connectivity index (χ1n) is 3.14. The zero-order chi connectivity index (χ0) is 9.14. The van der Waals surface area contributed by atoms with Crippen LogP contribution in [0.2, 0.25) is 0 Å². The van der Waals surface area contributed by atoms with Gasteiger partial charge in [0.2, 0.25) is 5.95 Å². The van der Waals surface area contributed by atoms with Crippen molar-refractivity contribution >= 4 is 11.6 Å². The number of halogens is 4. The molecule has 0 radical (unpaired) electrons. The van der Waals surface area contributed by atoms with Crippen LogP contribution in [0.4, 0.5) is 13.2 Å². The number of alkyl halides is 3. The highest BCUT2D eigenvalue weighted by Gasteiger charge is 2.18. The molecular weight excluding hydrogens is 191 g/mol. The highest BCUT2D eigenvalue weighted by molar-refractivity contribution is 6.17. The molecule has 0 aliphatic carbocycles. The van der Waals surface area contributed by atoms with Crippen molar-refractivity contribution in [2.45, 2.75) is 12.3 Å². The van der Waals surface area contributed by atoms with Crippen molar-refractivity contribution in [1.29, 1.82) is 0 Å². The van der Waals surface area contributed by atoms with Crippen molar-refractivity contribution in [2.75, 3.05) is 0 Å². The summed E-state index contributed by atoms with van der Waals surface area (Å²) in [4.78, 5) is 3.10. The normalized spacial score (nSPS) is 10.8. The number of pyridine rings is 1. The van der Waals surface area contributed by atoms with E-state index < -0.39 is 17.9 Å². The second-order valence-corrected chi connectivity index (χ2v) is 2.38. The van der Waals surface area contributed by atoms with Crippen LogP contribution in [0, 0.1) is 5.95 Å². The van der Waals surface area contributed by atoms with E-state index in [9.17, 15) is 13.2 Å². The predicted octanol–water partition coefficient (Wildman–Crippen LogP) is 2.90. The van der Waals surface area contributed by atoms with Gasteiger partial charge in [0.1, 0.15) is 0 Å². The number of hydrogen-bond donors (Lipinski definition) is 0. The number of rotatable bonds is 2. The van der Waals surface area contributed by atoms with Crippen molar-refractivity contribution in [1.82, 2.24) is 4.98 Å². The molecule has 0 unspecified atom stereocenters. The summed E-state index contributed by atoms with van der Waals surface area (Å²) in [5, 5.41) is 0. The fraction of sp³-hybridized carbons (Fsp3) is 0.286. The van der Waals surface area contributed by atoms with Gasteiger partial charge in [-0.05, 0) is 11.6 Å². The lowest BCUT2D eigenvalue weighted by Gasteiger charge is -2.04. The summed E-state index contributed by atoms with van der Waals surface area (Å²) < 4.78 is 36.9. The Kier molecular flexibility index (Phi) is 2.92. The van der Waals surface area contributed by atoms with Gasteiger partial charge in [0.15, 0.2) is 0 Å². The van der Waals surface area contributed by atoms with Gasteiger partial charge in [-0.2, -0.15) is 4.39 Å². The Morgan fingerprint density at radius 2 is 2.17 bits per heavy atom. The summed E-state index contributed by atoms with van der Waals surface area (Å²) in [7, 11) is 0. The highest BCUT2D eigenvalue weighted by atomic mass is 35.5. The van der Waals surface area contributed by atoms with Crippen molar-refractivity contribution in [3.63, 3.8) is 0 Å². The molecule has 0 saturated carbocycles. The van der Waals surface area contributed by atoms with Crippen LogP contribution in [0.1, 0.15) is 17.6 Å². The molecule has 1 nitrogen and oxygen atoms in total. The predicted molar refractivity (Wildman–Crippen MR) is 38.7 cm³/mol. The third-order valence-electron chi connectivity index (χ3n) is 1.39. The lowest BCUT2D eigenvalue weighted by atomic mass is 10.1. The van der Waals surface area contributed by atoms with Gasteiger partial charge in [0.05, 0.1) is 5.56 Å². The average Bonchev–Trinajstić information content (AvgIpc) is 2.03. The topological polar surface area (TPSA) is 12.9 Å². The summed E-state index contributed by atoms with van der Waals surface area (Å²) >= 11 is 5.32. The molecule has 1 heterocycles. The standard InChI is InChI=1S/C7H5ClF3N/c8-3-4-1-2-12-7(11)5(4)6(9)10/h1-2,6H,3H2. The van der Waals surface area contributed by atoms with Gasteiger partial charge in [-0.15, -0.1) is 11.6 Å². The number of hydrogen-bond acceptors (Lipinski definition) is 1. The summed E-state index contributed by atoms with van der Waals surface area (Å²) in [6.45, 7) is 0. The fourth-order valence-corrected chi connectivity index (χ4v) is 1.06. The minimum Gasteiger partial charge on any atom is -0.228 e. The maximum Gasteiger partial charge on any atom is 0.268 e. The van der Waals surface area contributed by atoms with Crippen LogP contribution >= 0.6 is 11.6 Å². The molecule has 0 N–H and O–H groups in total. The van der Waals surface area contributed by atoms with Gasteiger partial charge in [-0.1, -0.05) is 0 Å². The van der Waals surface area contributed by atoms with Crippen LogP contribution < -0.4 is 0 Å². The van der Waals surface area contributed by atoms with E-state index in [1.165, 1.54) is 6.07 Å². The largest absolute Gasteiger partial charge is 0.268 e. The van der Waals surface area contributed by atoms with Crippen LogP contribution in [0.25, 0.3) is 0 Å². The maximum absolute atomic E-state index is 12.6. The van der Waals surface area contributed by atoms with Crippen LogP contribution in [-0.2, 0) is 5.88 Å². The second-order valence-electron chi connectivity index (χ2n) is 2.11. The van der Waals surface area contributed by atoms with Crippen LogP contribution in [0.3, 0.4) is 0 Å². The number of aromatic nitrogens is 1. The monoisotopic (exact) mass is 195 g/mol. The molecule has 0 aromatic carbocycles. The Bertz CT molecular complexity index is 277. The summed E-state index contributed by atoms with van der Waals surface area (Å²) in [5.41, 5.74) is -0.619. The van der Waals surface area contributed by atoms with E-state index in [0.29, 0.717) is 0 Å². The maximum atomic E-state index is 12.6. The van der Waals surface area contributed by atoms with Gasteiger partial charge in [-0.25, -0.2) is 13.8 Å². The third-order valence-corrected chi connectivity index (χ3v) is 1.68. The molecule has 0 fully saturated rings. The van der Waals surface area contributed by atoms with Crippen molar-refractivity contribution in [3.05, 3.63) is 29.3 Å². The Hall–Kier alpha value is -0.770. The average molecular weight is 196 g/mol. The minimum absolute atomic E-state index is 0.0826. The van der Waals surface area contributed by atoms with E-state index in [1.807, 2.05) is 0 Å². The molecule has 0 atom stereocenters. The van der Waals surface area contributed by atoms with E-state index in [1.54, 1.807) is 0 Å². The number of nitrogens with zero attached hydrogens (tertiary/aromatic N) is 1. The zero-order valence-corrected chi connectivity index (χ0v) is 6.65. The van der Waals surface area contributed by atoms with Crippen molar-refractivity contribution in [2.24, 2.45) is 0 Å². The quantitative estimate of drug-likeness (QED) is 0.522. The van der Waals surface area contributed by atoms with Crippen LogP contribution in [-0.4, -0.2) is 4.98 Å². The molecule has 1 rings (SSSR count). The van der Waals surface area contributed by atoms with Gasteiger partial charge >= 0.3 is 0 Å². The van der Waals surface area contributed by atoms with Crippen molar-refractivity contribution < 1.29 is 13.2 Å². The van der Waals surface area contributed by atoms with Crippen molar-refractivity contribution in [3.8, 4) is 0 Å².